The van der Waals surface area contributed by atoms with Crippen LogP contribution in [0.15, 0.2) is 18.2 Å². The van der Waals surface area contributed by atoms with Crippen LogP contribution in [0.4, 0.5) is 5.69 Å². The van der Waals surface area contributed by atoms with Gasteiger partial charge in [-0.25, -0.2) is 0 Å². The average molecular weight is 248 g/mol. The number of hydrogen-bond acceptors (Lipinski definition) is 3. The second-order valence-electron chi connectivity index (χ2n) is 3.99. The van der Waals surface area contributed by atoms with Crippen molar-refractivity contribution in [3.63, 3.8) is 0 Å². The van der Waals surface area contributed by atoms with Crippen LogP contribution in [0, 0.1) is 28.1 Å². The molecule has 0 aromatic heterocycles. The molecule has 5 heteroatoms. The van der Waals surface area contributed by atoms with Crippen LogP contribution >= 0.6 is 11.6 Å². The largest absolute Gasteiger partial charge is 0.323 e. The molecule has 1 aromatic rings. The van der Waals surface area contributed by atoms with Gasteiger partial charge in [0.05, 0.1) is 17.3 Å². The van der Waals surface area contributed by atoms with Gasteiger partial charge < -0.3 is 5.32 Å². The van der Waals surface area contributed by atoms with Gasteiger partial charge in [0, 0.05) is 5.02 Å². The van der Waals surface area contributed by atoms with E-state index in [9.17, 15) is 4.79 Å². The molecule has 86 valence electrons. The highest BCUT2D eigenvalue weighted by atomic mass is 35.5. The zero-order valence-corrected chi connectivity index (χ0v) is 10.2. The second kappa shape index (κ2) is 4.86. The van der Waals surface area contributed by atoms with Crippen molar-refractivity contribution in [3.8, 4) is 12.1 Å². The summed E-state index contributed by atoms with van der Waals surface area (Å²) in [5, 5.41) is 20.6. The molecule has 0 aliphatic rings. The molecule has 0 fully saturated rings. The van der Waals surface area contributed by atoms with Crippen molar-refractivity contribution in [2.24, 2.45) is 5.41 Å². The Kier molecular flexibility index (Phi) is 3.73. The molecule has 0 unspecified atom stereocenters. The predicted octanol–water partition coefficient (Wildman–Crippen LogP) is 2.70. The lowest BCUT2D eigenvalue weighted by Gasteiger charge is -2.15. The van der Waals surface area contributed by atoms with Crippen molar-refractivity contribution in [2.45, 2.75) is 13.8 Å². The van der Waals surface area contributed by atoms with E-state index in [0.29, 0.717) is 16.3 Å². The molecule has 0 bridgehead atoms. The minimum Gasteiger partial charge on any atom is -0.323 e. The quantitative estimate of drug-likeness (QED) is 0.873. The van der Waals surface area contributed by atoms with Gasteiger partial charge in [0.15, 0.2) is 0 Å². The Labute approximate surface area is 104 Å². The number of benzene rings is 1. The summed E-state index contributed by atoms with van der Waals surface area (Å²) in [5.41, 5.74) is -0.542. The fraction of sp³-hybridized carbons (Fsp3) is 0.250. The summed E-state index contributed by atoms with van der Waals surface area (Å²) in [5.74, 6) is -0.473. The molecule has 1 aromatic carbocycles. The monoisotopic (exact) mass is 247 g/mol. The fourth-order valence-electron chi connectivity index (χ4n) is 1.05. The summed E-state index contributed by atoms with van der Waals surface area (Å²) in [7, 11) is 0. The molecule has 1 rings (SSSR count). The van der Waals surface area contributed by atoms with Gasteiger partial charge in [-0.1, -0.05) is 11.6 Å². The molecule has 0 saturated carbocycles. The van der Waals surface area contributed by atoms with Gasteiger partial charge in [-0.3, -0.25) is 4.79 Å². The lowest BCUT2D eigenvalue weighted by molar-refractivity contribution is -0.121. The molecule has 0 radical (unpaired) electrons. The number of rotatable bonds is 2. The first-order valence-corrected chi connectivity index (χ1v) is 5.21. The number of nitriles is 2. The molecule has 0 heterocycles. The SMILES string of the molecule is CC(C)(C#N)C(=O)Nc1cc(Cl)ccc1C#N. The molecule has 0 spiro atoms. The molecule has 0 aliphatic carbocycles. The third kappa shape index (κ3) is 2.96. The van der Waals surface area contributed by atoms with E-state index >= 15 is 0 Å². The normalized spacial score (nSPS) is 10.2. The van der Waals surface area contributed by atoms with E-state index in [1.54, 1.807) is 6.07 Å². The van der Waals surface area contributed by atoms with Crippen LogP contribution in [0.3, 0.4) is 0 Å². The van der Waals surface area contributed by atoms with Crippen molar-refractivity contribution >= 4 is 23.2 Å². The van der Waals surface area contributed by atoms with Crippen LogP contribution < -0.4 is 5.32 Å². The zero-order chi connectivity index (χ0) is 13.1. The van der Waals surface area contributed by atoms with Crippen LogP contribution in [-0.4, -0.2) is 5.91 Å². The van der Waals surface area contributed by atoms with Crippen molar-refractivity contribution in [3.05, 3.63) is 28.8 Å². The molecule has 0 aliphatic heterocycles. The first-order valence-electron chi connectivity index (χ1n) is 4.83. The van der Waals surface area contributed by atoms with Gasteiger partial charge in [-0.15, -0.1) is 0 Å². The van der Waals surface area contributed by atoms with Gasteiger partial charge in [0.25, 0.3) is 0 Å². The highest BCUT2D eigenvalue weighted by Gasteiger charge is 2.27. The van der Waals surface area contributed by atoms with Gasteiger partial charge in [0.1, 0.15) is 11.5 Å². The molecule has 1 amide bonds. The molecule has 4 nitrogen and oxygen atoms in total. The van der Waals surface area contributed by atoms with Crippen molar-refractivity contribution in [2.75, 3.05) is 5.32 Å². The Balaban J connectivity index is 3.05. The standard InChI is InChI=1S/C12H10ClN3O/c1-12(2,7-15)11(17)16-10-5-9(13)4-3-8(10)6-14/h3-5H,1-2H3,(H,16,17). The number of halogens is 1. The van der Waals surface area contributed by atoms with Crippen molar-refractivity contribution < 1.29 is 4.79 Å². The Hall–Kier alpha value is -2.04. The number of carbonyl (C=O) groups excluding carboxylic acids is 1. The highest BCUT2D eigenvalue weighted by molar-refractivity contribution is 6.31. The number of anilines is 1. The summed E-state index contributed by atoms with van der Waals surface area (Å²) in [4.78, 5) is 11.8. The third-order valence-electron chi connectivity index (χ3n) is 2.20. The lowest BCUT2D eigenvalue weighted by Crippen LogP contribution is -2.29. The van der Waals surface area contributed by atoms with E-state index in [2.05, 4.69) is 5.32 Å². The van der Waals surface area contributed by atoms with Crippen LogP contribution in [0.2, 0.25) is 5.02 Å². The Morgan fingerprint density at radius 3 is 2.59 bits per heavy atom. The summed E-state index contributed by atoms with van der Waals surface area (Å²) in [6.07, 6.45) is 0. The third-order valence-corrected chi connectivity index (χ3v) is 2.43. The first-order chi connectivity index (χ1) is 7.90. The Morgan fingerprint density at radius 2 is 2.06 bits per heavy atom. The molecule has 17 heavy (non-hydrogen) atoms. The first kappa shape index (κ1) is 13.0. The molecule has 1 N–H and O–H groups in total. The van der Waals surface area contributed by atoms with Crippen molar-refractivity contribution in [1.29, 1.82) is 10.5 Å². The highest BCUT2D eigenvalue weighted by Crippen LogP contribution is 2.23. The number of carbonyl (C=O) groups is 1. The predicted molar refractivity (Wildman–Crippen MR) is 64.2 cm³/mol. The Morgan fingerprint density at radius 1 is 1.41 bits per heavy atom. The van der Waals surface area contributed by atoms with Gasteiger partial charge in [0.2, 0.25) is 5.91 Å². The molecular weight excluding hydrogens is 238 g/mol. The van der Waals surface area contributed by atoms with E-state index in [1.807, 2.05) is 12.1 Å². The average Bonchev–Trinajstić information content (AvgIpc) is 2.29. The number of nitrogens with zero attached hydrogens (tertiary/aromatic N) is 2. The van der Waals surface area contributed by atoms with Crippen LogP contribution in [0.1, 0.15) is 19.4 Å². The molecule has 0 atom stereocenters. The van der Waals surface area contributed by atoms with E-state index in [1.165, 1.54) is 26.0 Å². The van der Waals surface area contributed by atoms with Gasteiger partial charge in [-0.05, 0) is 32.0 Å². The maximum Gasteiger partial charge on any atom is 0.244 e. The number of hydrogen-bond donors (Lipinski definition) is 1. The van der Waals surface area contributed by atoms with E-state index in [4.69, 9.17) is 22.1 Å². The summed E-state index contributed by atoms with van der Waals surface area (Å²) < 4.78 is 0. The van der Waals surface area contributed by atoms with E-state index < -0.39 is 11.3 Å². The smallest absolute Gasteiger partial charge is 0.244 e. The second-order valence-corrected chi connectivity index (χ2v) is 4.43. The van der Waals surface area contributed by atoms with Crippen molar-refractivity contribution in [1.82, 2.24) is 0 Å². The summed E-state index contributed by atoms with van der Waals surface area (Å²) in [6, 6.07) is 8.38. The summed E-state index contributed by atoms with van der Waals surface area (Å²) >= 11 is 5.78. The van der Waals surface area contributed by atoms with Crippen LogP contribution in [0.25, 0.3) is 0 Å². The lowest BCUT2D eigenvalue weighted by atomic mass is 9.94. The van der Waals surface area contributed by atoms with Gasteiger partial charge >= 0.3 is 0 Å². The maximum absolute atomic E-state index is 11.8. The maximum atomic E-state index is 11.8. The minimum atomic E-state index is -1.16. The fourth-order valence-corrected chi connectivity index (χ4v) is 1.22. The van der Waals surface area contributed by atoms with Gasteiger partial charge in [-0.2, -0.15) is 10.5 Å². The number of nitrogens with one attached hydrogen (secondary N) is 1. The van der Waals surface area contributed by atoms with E-state index in [0.717, 1.165) is 0 Å². The summed E-state index contributed by atoms with van der Waals surface area (Å²) in [6.45, 7) is 3.00. The molecule has 0 saturated heterocycles. The van der Waals surface area contributed by atoms with E-state index in [-0.39, 0.29) is 0 Å². The number of amides is 1. The van der Waals surface area contributed by atoms with Crippen LogP contribution in [-0.2, 0) is 4.79 Å². The van der Waals surface area contributed by atoms with Crippen LogP contribution in [0.5, 0.6) is 0 Å². The topological polar surface area (TPSA) is 76.7 Å². The zero-order valence-electron chi connectivity index (χ0n) is 9.41. The Bertz CT molecular complexity index is 538. The molecular formula is C12H10ClN3O. The minimum absolute atomic E-state index is 0.302.